The third kappa shape index (κ3) is 8.26. The molecule has 2 nitrogen and oxygen atoms in total. The van der Waals surface area contributed by atoms with E-state index in [1.54, 1.807) is 0 Å². The predicted octanol–water partition coefficient (Wildman–Crippen LogP) is 8.98. The molecule has 0 bridgehead atoms. The fourth-order valence-electron chi connectivity index (χ4n) is 5.50. The SMILES string of the molecule is O=C(O)CCCCCCCCCCCCCCP(Br)(c1ccccc1)(c1ccccc1)c1ccccc1. The molecule has 3 aromatic carbocycles. The van der Waals surface area contributed by atoms with Crippen molar-refractivity contribution >= 4 is 42.7 Å². The fraction of sp³-hybridized carbons (Fsp3) is 0.424. The number of carbonyl (C=O) groups is 1. The van der Waals surface area contributed by atoms with Crippen molar-refractivity contribution < 1.29 is 9.90 Å². The van der Waals surface area contributed by atoms with Crippen molar-refractivity contribution in [2.24, 2.45) is 0 Å². The van der Waals surface area contributed by atoms with Crippen molar-refractivity contribution in [3.8, 4) is 0 Å². The van der Waals surface area contributed by atoms with Crippen LogP contribution in [0.1, 0.15) is 83.5 Å². The van der Waals surface area contributed by atoms with Crippen LogP contribution in [0, 0.1) is 0 Å². The van der Waals surface area contributed by atoms with Crippen LogP contribution in [0.25, 0.3) is 0 Å². The van der Waals surface area contributed by atoms with Crippen molar-refractivity contribution in [3.63, 3.8) is 0 Å². The summed E-state index contributed by atoms with van der Waals surface area (Å²) in [6, 6.07) is 33.3. The van der Waals surface area contributed by atoms with Crippen LogP contribution in [0.2, 0.25) is 0 Å². The van der Waals surface area contributed by atoms with E-state index in [0.717, 1.165) is 19.0 Å². The van der Waals surface area contributed by atoms with Gasteiger partial charge in [-0.05, 0) is 6.42 Å². The van der Waals surface area contributed by atoms with Gasteiger partial charge in [0.25, 0.3) is 0 Å². The minimum atomic E-state index is -2.76. The molecule has 0 aromatic heterocycles. The van der Waals surface area contributed by atoms with Gasteiger partial charge in [0.05, 0.1) is 0 Å². The van der Waals surface area contributed by atoms with Crippen molar-refractivity contribution in [3.05, 3.63) is 91.0 Å². The molecule has 0 saturated carbocycles. The third-order valence-electron chi connectivity index (χ3n) is 7.60. The summed E-state index contributed by atoms with van der Waals surface area (Å²) in [6.07, 6.45) is 16.1. The molecule has 0 aliphatic carbocycles. The van der Waals surface area contributed by atoms with Gasteiger partial charge in [-0.2, -0.15) is 0 Å². The number of carboxylic acid groups (broad SMARTS) is 1. The summed E-state index contributed by atoms with van der Waals surface area (Å²) in [6.45, 7) is 0. The molecular formula is C33H44BrO2P. The van der Waals surface area contributed by atoms with Crippen molar-refractivity contribution in [1.29, 1.82) is 0 Å². The van der Waals surface area contributed by atoms with E-state index >= 15 is 0 Å². The molecular weight excluding hydrogens is 539 g/mol. The van der Waals surface area contributed by atoms with Gasteiger partial charge >= 0.3 is 210 Å². The van der Waals surface area contributed by atoms with Crippen molar-refractivity contribution in [1.82, 2.24) is 0 Å². The number of aliphatic carboxylic acids is 1. The fourth-order valence-corrected chi connectivity index (χ4v) is 13.3. The molecule has 37 heavy (non-hydrogen) atoms. The van der Waals surface area contributed by atoms with Crippen LogP contribution in [-0.4, -0.2) is 17.2 Å². The van der Waals surface area contributed by atoms with Crippen LogP contribution in [0.3, 0.4) is 0 Å². The van der Waals surface area contributed by atoms with Gasteiger partial charge in [0.1, 0.15) is 0 Å². The summed E-state index contributed by atoms with van der Waals surface area (Å²) in [4.78, 5) is 10.6. The Hall–Kier alpha value is -1.96. The van der Waals surface area contributed by atoms with Gasteiger partial charge in [0.2, 0.25) is 0 Å². The van der Waals surface area contributed by atoms with Crippen molar-refractivity contribution in [2.75, 3.05) is 6.16 Å². The van der Waals surface area contributed by atoms with Gasteiger partial charge in [0.15, 0.2) is 0 Å². The monoisotopic (exact) mass is 582 g/mol. The maximum absolute atomic E-state index is 10.6. The molecule has 0 fully saturated rings. The second kappa shape index (κ2) is 15.5. The molecule has 0 atom stereocenters. The first-order chi connectivity index (χ1) is 18.1. The Morgan fingerprint density at radius 3 is 1.14 bits per heavy atom. The van der Waals surface area contributed by atoms with E-state index in [0.29, 0.717) is 6.42 Å². The molecule has 0 radical (unpaired) electrons. The predicted molar refractivity (Wildman–Crippen MR) is 167 cm³/mol. The Morgan fingerprint density at radius 1 is 0.514 bits per heavy atom. The summed E-state index contributed by atoms with van der Waals surface area (Å²) in [7, 11) is 0. The zero-order chi connectivity index (χ0) is 26.3. The molecule has 1 N–H and O–H groups in total. The van der Waals surface area contributed by atoms with Gasteiger partial charge in [-0.15, -0.1) is 0 Å². The zero-order valence-corrected chi connectivity index (χ0v) is 24.7. The second-order valence-corrected chi connectivity index (χ2v) is 19.4. The van der Waals surface area contributed by atoms with Crippen molar-refractivity contribution in [2.45, 2.75) is 83.5 Å². The number of rotatable bonds is 18. The van der Waals surface area contributed by atoms with Gasteiger partial charge in [-0.1, -0.05) is 0 Å². The number of carboxylic acids is 1. The van der Waals surface area contributed by atoms with E-state index in [9.17, 15) is 4.79 Å². The van der Waals surface area contributed by atoms with Crippen LogP contribution in [-0.2, 0) is 4.79 Å². The average molecular weight is 584 g/mol. The standard InChI is InChI=1S/C33H44BrO2P/c34-37(30-22-14-11-15-23-30,31-24-16-12-17-25-31,32-26-18-13-19-27-32)29-21-10-8-6-4-2-1-3-5-7-9-20-28-33(35)36/h11-19,22-27H,1-10,20-21,28-29H2,(H,35,36). The quantitative estimate of drug-likeness (QED) is 0.120. The van der Waals surface area contributed by atoms with E-state index in [1.165, 1.54) is 80.1 Å². The van der Waals surface area contributed by atoms with E-state index in [4.69, 9.17) is 5.11 Å². The summed E-state index contributed by atoms with van der Waals surface area (Å²) < 4.78 is 0. The van der Waals surface area contributed by atoms with Gasteiger partial charge in [-0.25, -0.2) is 0 Å². The second-order valence-electron chi connectivity index (χ2n) is 10.3. The molecule has 3 aromatic rings. The first-order valence-corrected chi connectivity index (χ1v) is 18.6. The van der Waals surface area contributed by atoms with Crippen LogP contribution in [0.15, 0.2) is 91.0 Å². The summed E-state index contributed by atoms with van der Waals surface area (Å²) in [5, 5.41) is 10.2. The van der Waals surface area contributed by atoms with E-state index in [-0.39, 0.29) is 0 Å². The Bertz CT molecular complexity index is 940. The Morgan fingerprint density at radius 2 is 0.811 bits per heavy atom. The van der Waals surface area contributed by atoms with Crippen LogP contribution < -0.4 is 15.9 Å². The third-order valence-corrected chi connectivity index (χ3v) is 17.6. The van der Waals surface area contributed by atoms with Gasteiger partial charge in [-0.3, -0.25) is 4.79 Å². The molecule has 0 spiro atoms. The van der Waals surface area contributed by atoms with E-state index < -0.39 is 11.3 Å². The number of hydrogen-bond donors (Lipinski definition) is 1. The van der Waals surface area contributed by atoms with Crippen LogP contribution in [0.4, 0.5) is 0 Å². The number of benzene rings is 3. The Kier molecular flexibility index (Phi) is 12.4. The van der Waals surface area contributed by atoms with E-state index in [1.807, 2.05) is 0 Å². The molecule has 0 heterocycles. The number of halogens is 1. The topological polar surface area (TPSA) is 37.3 Å². The molecule has 0 unspecified atom stereocenters. The molecule has 3 rings (SSSR count). The molecule has 0 aliphatic heterocycles. The molecule has 4 heteroatoms. The minimum absolute atomic E-state index is 0.320. The zero-order valence-electron chi connectivity index (χ0n) is 22.2. The summed E-state index contributed by atoms with van der Waals surface area (Å²) in [5.41, 5.74) is 0. The average Bonchev–Trinajstić information content (AvgIpc) is 2.94. The number of unbranched alkanes of at least 4 members (excludes halogenated alkanes) is 11. The van der Waals surface area contributed by atoms with E-state index in [2.05, 4.69) is 106 Å². The van der Waals surface area contributed by atoms with Crippen LogP contribution in [0.5, 0.6) is 0 Å². The molecule has 0 aliphatic rings. The maximum atomic E-state index is 10.6. The molecule has 0 amide bonds. The first-order valence-electron chi connectivity index (χ1n) is 14.2. The normalized spacial score (nSPS) is 12.6. The Balaban J connectivity index is 1.52. The summed E-state index contributed by atoms with van der Waals surface area (Å²) >= 11 is 4.56. The molecule has 200 valence electrons. The number of hydrogen-bond acceptors (Lipinski definition) is 1. The molecule has 0 saturated heterocycles. The Labute approximate surface area is 232 Å². The van der Waals surface area contributed by atoms with Gasteiger partial charge < -0.3 is 5.11 Å². The van der Waals surface area contributed by atoms with Gasteiger partial charge in [0, 0.05) is 6.42 Å². The first kappa shape index (κ1) is 29.6. The van der Waals surface area contributed by atoms with Crippen LogP contribution >= 0.6 is 20.8 Å². The summed E-state index contributed by atoms with van der Waals surface area (Å²) in [5.74, 6) is -0.667.